The fraction of sp³-hybridized carbons (Fsp3) is 0.333. The van der Waals surface area contributed by atoms with E-state index in [4.69, 9.17) is 4.42 Å². The van der Waals surface area contributed by atoms with Crippen LogP contribution in [-0.2, 0) is 7.05 Å². The van der Waals surface area contributed by atoms with E-state index in [1.54, 1.807) is 25.2 Å². The molecule has 0 unspecified atom stereocenters. The second-order valence-corrected chi connectivity index (χ2v) is 4.48. The summed E-state index contributed by atoms with van der Waals surface area (Å²) in [6.07, 6.45) is 2.09. The number of nitrogens with one attached hydrogen (secondary N) is 2. The van der Waals surface area contributed by atoms with E-state index in [2.05, 4.69) is 10.6 Å². The number of oxazole rings is 1. The predicted molar refractivity (Wildman–Crippen MR) is 66.6 cm³/mol. The highest BCUT2D eigenvalue weighted by Crippen LogP contribution is 2.20. The SMILES string of the molecule is Cn1c(=O)oc2ccc(NC(=O)NC3CC3)cc21. The number of carbonyl (C=O) groups excluding carboxylic acids is 1. The van der Waals surface area contributed by atoms with Crippen LogP contribution in [0.15, 0.2) is 27.4 Å². The van der Waals surface area contributed by atoms with Gasteiger partial charge < -0.3 is 15.1 Å². The molecule has 2 aromatic rings. The molecule has 0 aliphatic heterocycles. The summed E-state index contributed by atoms with van der Waals surface area (Å²) in [4.78, 5) is 22.9. The van der Waals surface area contributed by atoms with Crippen LogP contribution in [0.25, 0.3) is 11.1 Å². The van der Waals surface area contributed by atoms with Crippen LogP contribution >= 0.6 is 0 Å². The van der Waals surface area contributed by atoms with Crippen LogP contribution in [0, 0.1) is 0 Å². The van der Waals surface area contributed by atoms with Crippen molar-refractivity contribution in [3.05, 3.63) is 28.7 Å². The minimum Gasteiger partial charge on any atom is -0.408 e. The molecule has 3 rings (SSSR count). The van der Waals surface area contributed by atoms with Gasteiger partial charge in [-0.2, -0.15) is 0 Å². The van der Waals surface area contributed by atoms with Crippen molar-refractivity contribution in [1.82, 2.24) is 9.88 Å². The lowest BCUT2D eigenvalue weighted by atomic mass is 10.3. The van der Waals surface area contributed by atoms with Gasteiger partial charge in [0.15, 0.2) is 5.58 Å². The Morgan fingerprint density at radius 2 is 2.22 bits per heavy atom. The Balaban J connectivity index is 1.85. The van der Waals surface area contributed by atoms with E-state index in [-0.39, 0.29) is 6.03 Å². The summed E-state index contributed by atoms with van der Waals surface area (Å²) in [6, 6.07) is 5.19. The second-order valence-electron chi connectivity index (χ2n) is 4.48. The number of aryl methyl sites for hydroxylation is 1. The van der Waals surface area contributed by atoms with E-state index in [0.717, 1.165) is 12.8 Å². The van der Waals surface area contributed by atoms with E-state index < -0.39 is 5.76 Å². The summed E-state index contributed by atoms with van der Waals surface area (Å²) in [6.45, 7) is 0. The van der Waals surface area contributed by atoms with Crippen LogP contribution in [0.3, 0.4) is 0 Å². The van der Waals surface area contributed by atoms with Gasteiger partial charge in [0.25, 0.3) is 0 Å². The Morgan fingerprint density at radius 1 is 1.44 bits per heavy atom. The Bertz CT molecular complexity index is 667. The number of rotatable bonds is 2. The first kappa shape index (κ1) is 10.9. The number of benzene rings is 1. The standard InChI is InChI=1S/C12H13N3O3/c1-15-9-6-8(4-5-10(9)18-12(15)17)14-11(16)13-7-2-3-7/h4-7H,2-3H2,1H3,(H2,13,14,16). The first-order valence-corrected chi connectivity index (χ1v) is 5.80. The summed E-state index contributed by atoms with van der Waals surface area (Å²) >= 11 is 0. The van der Waals surface area contributed by atoms with Gasteiger partial charge in [0.2, 0.25) is 0 Å². The average Bonchev–Trinajstić information content (AvgIpc) is 3.09. The smallest absolute Gasteiger partial charge is 0.408 e. The molecule has 0 radical (unpaired) electrons. The Hall–Kier alpha value is -2.24. The molecule has 18 heavy (non-hydrogen) atoms. The van der Waals surface area contributed by atoms with Crippen molar-refractivity contribution in [3.8, 4) is 0 Å². The molecule has 1 saturated carbocycles. The minimum atomic E-state index is -0.412. The number of amides is 2. The summed E-state index contributed by atoms with van der Waals surface area (Å²) < 4.78 is 6.41. The molecule has 0 bridgehead atoms. The Morgan fingerprint density at radius 3 is 2.94 bits per heavy atom. The van der Waals surface area contributed by atoms with Gasteiger partial charge in [-0.05, 0) is 31.0 Å². The number of fused-ring (bicyclic) bond motifs is 1. The fourth-order valence-corrected chi connectivity index (χ4v) is 1.78. The molecule has 1 aromatic carbocycles. The highest BCUT2D eigenvalue weighted by Gasteiger charge is 2.23. The molecule has 0 saturated heterocycles. The Kier molecular flexibility index (Phi) is 2.36. The van der Waals surface area contributed by atoms with Crippen molar-refractivity contribution in [3.63, 3.8) is 0 Å². The summed E-state index contributed by atoms with van der Waals surface area (Å²) in [5.41, 5.74) is 1.80. The Labute approximate surface area is 103 Å². The van der Waals surface area contributed by atoms with Gasteiger partial charge in [0.1, 0.15) is 0 Å². The molecule has 94 valence electrons. The lowest BCUT2D eigenvalue weighted by Crippen LogP contribution is -2.30. The average molecular weight is 247 g/mol. The molecule has 1 aromatic heterocycles. The first-order valence-electron chi connectivity index (χ1n) is 5.80. The molecule has 0 atom stereocenters. The number of urea groups is 1. The highest BCUT2D eigenvalue weighted by molar-refractivity contribution is 5.91. The monoisotopic (exact) mass is 247 g/mol. The maximum atomic E-state index is 11.6. The molecule has 2 N–H and O–H groups in total. The van der Waals surface area contributed by atoms with Crippen LogP contribution in [0.2, 0.25) is 0 Å². The fourth-order valence-electron chi connectivity index (χ4n) is 1.78. The molecule has 6 nitrogen and oxygen atoms in total. The van der Waals surface area contributed by atoms with Crippen molar-refractivity contribution < 1.29 is 9.21 Å². The number of nitrogens with zero attached hydrogens (tertiary/aromatic N) is 1. The maximum Gasteiger partial charge on any atom is 0.419 e. The van der Waals surface area contributed by atoms with E-state index in [1.807, 2.05) is 0 Å². The largest absolute Gasteiger partial charge is 0.419 e. The summed E-state index contributed by atoms with van der Waals surface area (Å²) in [7, 11) is 1.63. The number of anilines is 1. The quantitative estimate of drug-likeness (QED) is 0.842. The molecule has 6 heteroatoms. The zero-order chi connectivity index (χ0) is 12.7. The molecular weight excluding hydrogens is 234 g/mol. The molecule has 2 amide bonds. The van der Waals surface area contributed by atoms with Gasteiger partial charge in [-0.1, -0.05) is 0 Å². The number of hydrogen-bond acceptors (Lipinski definition) is 3. The van der Waals surface area contributed by atoms with Crippen LogP contribution in [-0.4, -0.2) is 16.6 Å². The van der Waals surface area contributed by atoms with Gasteiger partial charge in [-0.3, -0.25) is 4.57 Å². The van der Waals surface area contributed by atoms with Crippen molar-refractivity contribution in [1.29, 1.82) is 0 Å². The van der Waals surface area contributed by atoms with E-state index in [0.29, 0.717) is 22.8 Å². The second kappa shape index (κ2) is 3.90. The van der Waals surface area contributed by atoms with Crippen molar-refractivity contribution in [2.24, 2.45) is 7.05 Å². The molecule has 1 heterocycles. The van der Waals surface area contributed by atoms with E-state index in [1.165, 1.54) is 4.57 Å². The van der Waals surface area contributed by atoms with Crippen LogP contribution in [0.1, 0.15) is 12.8 Å². The first-order chi connectivity index (χ1) is 8.63. The van der Waals surface area contributed by atoms with Crippen molar-refractivity contribution >= 4 is 22.8 Å². The van der Waals surface area contributed by atoms with Gasteiger partial charge >= 0.3 is 11.8 Å². The zero-order valence-electron chi connectivity index (χ0n) is 9.90. The topological polar surface area (TPSA) is 76.3 Å². The lowest BCUT2D eigenvalue weighted by molar-refractivity contribution is 0.251. The molecule has 0 spiro atoms. The zero-order valence-corrected chi connectivity index (χ0v) is 9.90. The third kappa shape index (κ3) is 1.97. The predicted octanol–water partition coefficient (Wildman–Crippen LogP) is 1.42. The maximum absolute atomic E-state index is 11.6. The highest BCUT2D eigenvalue weighted by atomic mass is 16.4. The summed E-state index contributed by atoms with van der Waals surface area (Å²) in [5.74, 6) is -0.412. The van der Waals surface area contributed by atoms with Crippen LogP contribution in [0.4, 0.5) is 10.5 Å². The van der Waals surface area contributed by atoms with Crippen LogP contribution in [0.5, 0.6) is 0 Å². The van der Waals surface area contributed by atoms with Crippen LogP contribution < -0.4 is 16.4 Å². The van der Waals surface area contributed by atoms with Gasteiger partial charge in [-0.15, -0.1) is 0 Å². The molecule has 1 aliphatic rings. The number of carbonyl (C=O) groups is 1. The van der Waals surface area contributed by atoms with E-state index in [9.17, 15) is 9.59 Å². The molecular formula is C12H13N3O3. The van der Waals surface area contributed by atoms with Crippen molar-refractivity contribution in [2.75, 3.05) is 5.32 Å². The van der Waals surface area contributed by atoms with Crippen molar-refractivity contribution in [2.45, 2.75) is 18.9 Å². The lowest BCUT2D eigenvalue weighted by Gasteiger charge is -2.06. The van der Waals surface area contributed by atoms with Gasteiger partial charge in [0.05, 0.1) is 5.52 Å². The minimum absolute atomic E-state index is 0.217. The normalized spacial score (nSPS) is 14.7. The third-order valence-electron chi connectivity index (χ3n) is 2.96. The summed E-state index contributed by atoms with van der Waals surface area (Å²) in [5, 5.41) is 5.56. The molecule has 1 aliphatic carbocycles. The number of aromatic nitrogens is 1. The third-order valence-corrected chi connectivity index (χ3v) is 2.96. The van der Waals surface area contributed by atoms with Gasteiger partial charge in [-0.25, -0.2) is 9.59 Å². The molecule has 1 fully saturated rings. The van der Waals surface area contributed by atoms with Gasteiger partial charge in [0, 0.05) is 18.8 Å². The van der Waals surface area contributed by atoms with E-state index >= 15 is 0 Å². The number of hydrogen-bond donors (Lipinski definition) is 2.